The highest BCUT2D eigenvalue weighted by Gasteiger charge is 2.20. The van der Waals surface area contributed by atoms with E-state index in [1.54, 1.807) is 19.1 Å². The Hall–Kier alpha value is -0.970. The summed E-state index contributed by atoms with van der Waals surface area (Å²) in [4.78, 5) is 0. The van der Waals surface area contributed by atoms with Crippen molar-refractivity contribution in [3.05, 3.63) is 22.7 Å². The Morgan fingerprint density at radius 3 is 2.75 bits per heavy atom. The minimum Gasteiger partial charge on any atom is -0.486 e. The third-order valence-corrected chi connectivity index (χ3v) is 2.74. The number of ether oxygens (including phenoxy) is 2. The lowest BCUT2D eigenvalue weighted by molar-refractivity contribution is 0.149. The van der Waals surface area contributed by atoms with Crippen molar-refractivity contribution >= 4 is 11.6 Å². The van der Waals surface area contributed by atoms with Crippen LogP contribution in [0, 0.1) is 0 Å². The first-order valence-electron chi connectivity index (χ1n) is 5.12. The lowest BCUT2D eigenvalue weighted by Gasteiger charge is -2.22. The highest BCUT2D eigenvalue weighted by molar-refractivity contribution is 6.32. The fourth-order valence-corrected chi connectivity index (χ4v) is 1.88. The van der Waals surface area contributed by atoms with E-state index in [0.29, 0.717) is 35.3 Å². The van der Waals surface area contributed by atoms with Crippen molar-refractivity contribution < 1.29 is 14.6 Å². The van der Waals surface area contributed by atoms with Gasteiger partial charge in [0.1, 0.15) is 13.2 Å². The molecule has 0 aromatic heterocycles. The molecule has 0 amide bonds. The Morgan fingerprint density at radius 1 is 1.38 bits per heavy atom. The number of hydrogen-bond donors (Lipinski definition) is 2. The molecule has 0 saturated carbocycles. The van der Waals surface area contributed by atoms with E-state index < -0.39 is 6.10 Å². The van der Waals surface area contributed by atoms with Gasteiger partial charge in [0.05, 0.1) is 11.1 Å². The number of aliphatic hydroxyl groups is 1. The second-order valence-electron chi connectivity index (χ2n) is 3.83. The maximum atomic E-state index is 9.84. The molecule has 1 aliphatic rings. The van der Waals surface area contributed by atoms with E-state index in [1.807, 2.05) is 0 Å². The molecule has 1 aliphatic heterocycles. The normalized spacial score (nSPS) is 18.0. The Kier molecular flexibility index (Phi) is 3.23. The van der Waals surface area contributed by atoms with Crippen LogP contribution in [0.5, 0.6) is 11.5 Å². The molecule has 0 spiro atoms. The average molecular weight is 244 g/mol. The lowest BCUT2D eigenvalue weighted by Crippen LogP contribution is -2.24. The first-order valence-corrected chi connectivity index (χ1v) is 5.50. The van der Waals surface area contributed by atoms with Gasteiger partial charge in [0, 0.05) is 6.04 Å². The maximum Gasteiger partial charge on any atom is 0.179 e. The number of halogens is 1. The van der Waals surface area contributed by atoms with Gasteiger partial charge in [-0.15, -0.1) is 0 Å². The van der Waals surface area contributed by atoms with Crippen LogP contribution in [0.2, 0.25) is 5.02 Å². The summed E-state index contributed by atoms with van der Waals surface area (Å²) in [6.45, 7) is 2.71. The second kappa shape index (κ2) is 4.49. The smallest absolute Gasteiger partial charge is 0.179 e. The summed E-state index contributed by atoms with van der Waals surface area (Å²) in [7, 11) is 0. The summed E-state index contributed by atoms with van der Waals surface area (Å²) in [6, 6.07) is 3.01. The van der Waals surface area contributed by atoms with Gasteiger partial charge in [-0.1, -0.05) is 11.6 Å². The van der Waals surface area contributed by atoms with Gasteiger partial charge >= 0.3 is 0 Å². The molecule has 1 aromatic carbocycles. The van der Waals surface area contributed by atoms with Crippen LogP contribution >= 0.6 is 11.6 Å². The lowest BCUT2D eigenvalue weighted by atomic mass is 10.0. The van der Waals surface area contributed by atoms with Gasteiger partial charge in [-0.25, -0.2) is 0 Å². The minimum atomic E-state index is -0.756. The Labute approximate surface area is 98.9 Å². The van der Waals surface area contributed by atoms with E-state index in [0.717, 1.165) is 0 Å². The highest BCUT2D eigenvalue weighted by atomic mass is 35.5. The predicted molar refractivity (Wildman–Crippen MR) is 61.1 cm³/mol. The van der Waals surface area contributed by atoms with Crippen LogP contribution in [0.15, 0.2) is 12.1 Å². The quantitative estimate of drug-likeness (QED) is 0.826. The molecule has 88 valence electrons. The molecule has 0 saturated heterocycles. The molecule has 4 nitrogen and oxygen atoms in total. The van der Waals surface area contributed by atoms with E-state index in [1.165, 1.54) is 0 Å². The summed E-state index contributed by atoms with van der Waals surface area (Å²) in [5.41, 5.74) is 6.27. The van der Waals surface area contributed by atoms with E-state index in [-0.39, 0.29) is 6.04 Å². The zero-order chi connectivity index (χ0) is 11.7. The fourth-order valence-electron chi connectivity index (χ4n) is 1.61. The summed E-state index contributed by atoms with van der Waals surface area (Å²) in [5, 5.41) is 10.3. The van der Waals surface area contributed by atoms with Gasteiger partial charge in [-0.2, -0.15) is 0 Å². The largest absolute Gasteiger partial charge is 0.486 e. The number of fused-ring (bicyclic) bond motifs is 1. The Bertz CT molecular complexity index is 395. The van der Waals surface area contributed by atoms with Gasteiger partial charge < -0.3 is 20.3 Å². The van der Waals surface area contributed by atoms with Gasteiger partial charge in [0.25, 0.3) is 0 Å². The van der Waals surface area contributed by atoms with Gasteiger partial charge in [-0.05, 0) is 24.6 Å². The highest BCUT2D eigenvalue weighted by Crippen LogP contribution is 2.39. The van der Waals surface area contributed by atoms with E-state index in [4.69, 9.17) is 26.8 Å². The van der Waals surface area contributed by atoms with Crippen LogP contribution < -0.4 is 15.2 Å². The molecular formula is C11H14ClNO3. The molecule has 1 aromatic rings. The molecule has 2 rings (SSSR count). The maximum absolute atomic E-state index is 9.84. The van der Waals surface area contributed by atoms with Crippen LogP contribution in [-0.2, 0) is 0 Å². The molecular weight excluding hydrogens is 230 g/mol. The molecule has 0 radical (unpaired) electrons. The van der Waals surface area contributed by atoms with Gasteiger partial charge in [-0.3, -0.25) is 0 Å². The van der Waals surface area contributed by atoms with E-state index >= 15 is 0 Å². The molecule has 1 heterocycles. The van der Waals surface area contributed by atoms with Crippen LogP contribution in [0.25, 0.3) is 0 Å². The monoisotopic (exact) mass is 243 g/mol. The molecule has 16 heavy (non-hydrogen) atoms. The third-order valence-electron chi connectivity index (χ3n) is 2.46. The van der Waals surface area contributed by atoms with Gasteiger partial charge in [0.15, 0.2) is 11.5 Å². The van der Waals surface area contributed by atoms with Crippen molar-refractivity contribution in [2.45, 2.75) is 19.1 Å². The first-order chi connectivity index (χ1) is 7.59. The van der Waals surface area contributed by atoms with Crippen molar-refractivity contribution in [2.24, 2.45) is 5.73 Å². The first kappa shape index (κ1) is 11.5. The number of benzene rings is 1. The SMILES string of the molecule is CC(N)C(O)c1cc(Cl)c2c(c1)OCCO2. The second-order valence-corrected chi connectivity index (χ2v) is 4.24. The van der Waals surface area contributed by atoms with Crippen molar-refractivity contribution in [3.63, 3.8) is 0 Å². The molecule has 0 bridgehead atoms. The fraction of sp³-hybridized carbons (Fsp3) is 0.455. The van der Waals surface area contributed by atoms with Crippen molar-refractivity contribution in [2.75, 3.05) is 13.2 Å². The zero-order valence-corrected chi connectivity index (χ0v) is 9.70. The molecule has 0 fully saturated rings. The summed E-state index contributed by atoms with van der Waals surface area (Å²) in [5.74, 6) is 1.10. The minimum absolute atomic E-state index is 0.362. The van der Waals surface area contributed by atoms with E-state index in [2.05, 4.69) is 0 Å². The molecule has 5 heteroatoms. The average Bonchev–Trinajstić information content (AvgIpc) is 2.28. The summed E-state index contributed by atoms with van der Waals surface area (Å²) < 4.78 is 10.8. The predicted octanol–water partition coefficient (Wildman–Crippen LogP) is 1.49. The van der Waals surface area contributed by atoms with Crippen LogP contribution in [0.4, 0.5) is 0 Å². The summed E-state index contributed by atoms with van der Waals surface area (Å²) >= 11 is 6.04. The topological polar surface area (TPSA) is 64.7 Å². The number of rotatable bonds is 2. The van der Waals surface area contributed by atoms with Crippen molar-refractivity contribution in [1.29, 1.82) is 0 Å². The van der Waals surface area contributed by atoms with Crippen LogP contribution in [0.1, 0.15) is 18.6 Å². The number of nitrogens with two attached hydrogens (primary N) is 1. The van der Waals surface area contributed by atoms with Crippen molar-refractivity contribution in [3.8, 4) is 11.5 Å². The molecule has 2 unspecified atom stereocenters. The number of hydrogen-bond acceptors (Lipinski definition) is 4. The Morgan fingerprint density at radius 2 is 2.06 bits per heavy atom. The van der Waals surface area contributed by atoms with E-state index in [9.17, 15) is 5.11 Å². The van der Waals surface area contributed by atoms with Crippen molar-refractivity contribution in [1.82, 2.24) is 0 Å². The number of aliphatic hydroxyl groups excluding tert-OH is 1. The molecule has 0 aliphatic carbocycles. The van der Waals surface area contributed by atoms with Gasteiger partial charge in [0.2, 0.25) is 0 Å². The van der Waals surface area contributed by atoms with Crippen LogP contribution in [-0.4, -0.2) is 24.4 Å². The zero-order valence-electron chi connectivity index (χ0n) is 8.94. The van der Waals surface area contributed by atoms with Crippen LogP contribution in [0.3, 0.4) is 0 Å². The molecule has 3 N–H and O–H groups in total. The standard InChI is InChI=1S/C11H14ClNO3/c1-6(13)10(14)7-4-8(12)11-9(5-7)15-2-3-16-11/h4-6,10,14H,2-3,13H2,1H3. The summed E-state index contributed by atoms with van der Waals surface area (Å²) in [6.07, 6.45) is -0.756. The third kappa shape index (κ3) is 2.09. The Balaban J connectivity index is 2.39. The molecule has 2 atom stereocenters.